The number of aryl methyl sites for hydroxylation is 1. The summed E-state index contributed by atoms with van der Waals surface area (Å²) in [5.41, 5.74) is 0.573. The zero-order valence-electron chi connectivity index (χ0n) is 10.9. The molecule has 0 bridgehead atoms. The first-order valence-electron chi connectivity index (χ1n) is 5.78. The van der Waals surface area contributed by atoms with E-state index in [1.165, 1.54) is 30.5 Å². The SMILES string of the molecule is Cc1ccc(C(=O)O)cc1S(=O)(=O)Nc1ccc(Cl)nc1. The molecule has 0 fully saturated rings. The Balaban J connectivity index is 2.41. The minimum atomic E-state index is -3.91. The number of carboxylic acid groups (broad SMARTS) is 1. The summed E-state index contributed by atoms with van der Waals surface area (Å²) in [6, 6.07) is 6.81. The van der Waals surface area contributed by atoms with E-state index in [0.29, 0.717) is 5.56 Å². The minimum absolute atomic E-state index is 0.0997. The van der Waals surface area contributed by atoms with Gasteiger partial charge in [0.15, 0.2) is 0 Å². The summed E-state index contributed by atoms with van der Waals surface area (Å²) in [5.74, 6) is -1.19. The van der Waals surface area contributed by atoms with E-state index < -0.39 is 16.0 Å². The van der Waals surface area contributed by atoms with Crippen LogP contribution in [0.5, 0.6) is 0 Å². The molecule has 0 radical (unpaired) electrons. The number of aromatic carboxylic acids is 1. The summed E-state index contributed by atoms with van der Waals surface area (Å²) in [6.45, 7) is 1.58. The van der Waals surface area contributed by atoms with Crippen LogP contribution in [-0.2, 0) is 10.0 Å². The number of nitrogens with zero attached hydrogens (tertiary/aromatic N) is 1. The minimum Gasteiger partial charge on any atom is -0.478 e. The van der Waals surface area contributed by atoms with E-state index in [2.05, 4.69) is 9.71 Å². The van der Waals surface area contributed by atoms with E-state index in [-0.39, 0.29) is 21.3 Å². The predicted octanol–water partition coefficient (Wildman–Crippen LogP) is 2.54. The number of benzene rings is 1. The Bertz CT molecular complexity index is 788. The third-order valence-electron chi connectivity index (χ3n) is 2.70. The number of hydrogen-bond acceptors (Lipinski definition) is 4. The molecule has 1 aromatic heterocycles. The monoisotopic (exact) mass is 326 g/mol. The maximum Gasteiger partial charge on any atom is 0.335 e. The van der Waals surface area contributed by atoms with Crippen LogP contribution in [0, 0.1) is 6.92 Å². The Morgan fingerprint density at radius 3 is 2.57 bits per heavy atom. The van der Waals surface area contributed by atoms with Crippen LogP contribution in [0.2, 0.25) is 5.15 Å². The van der Waals surface area contributed by atoms with Gasteiger partial charge in [-0.1, -0.05) is 17.7 Å². The molecule has 0 spiro atoms. The number of pyridine rings is 1. The number of anilines is 1. The third kappa shape index (κ3) is 3.50. The summed E-state index contributed by atoms with van der Waals surface area (Å²) in [5, 5.41) is 9.18. The first-order valence-corrected chi connectivity index (χ1v) is 7.64. The number of rotatable bonds is 4. The molecule has 0 saturated heterocycles. The fourth-order valence-corrected chi connectivity index (χ4v) is 3.10. The molecule has 0 aliphatic carbocycles. The van der Waals surface area contributed by atoms with Crippen molar-refractivity contribution in [3.8, 4) is 0 Å². The van der Waals surface area contributed by atoms with E-state index >= 15 is 0 Å². The van der Waals surface area contributed by atoms with Gasteiger partial charge in [-0.05, 0) is 36.8 Å². The average molecular weight is 327 g/mol. The van der Waals surface area contributed by atoms with Crippen molar-refractivity contribution in [1.29, 1.82) is 0 Å². The molecule has 0 unspecified atom stereocenters. The highest BCUT2D eigenvalue weighted by atomic mass is 35.5. The molecule has 2 N–H and O–H groups in total. The topological polar surface area (TPSA) is 96.4 Å². The molecule has 0 aliphatic heterocycles. The van der Waals surface area contributed by atoms with Gasteiger partial charge < -0.3 is 5.11 Å². The number of carboxylic acids is 1. The van der Waals surface area contributed by atoms with Crippen LogP contribution in [0.3, 0.4) is 0 Å². The fraction of sp³-hybridized carbons (Fsp3) is 0.0769. The van der Waals surface area contributed by atoms with Gasteiger partial charge in [-0.3, -0.25) is 4.72 Å². The summed E-state index contributed by atoms with van der Waals surface area (Å²) in [7, 11) is -3.91. The van der Waals surface area contributed by atoms with Crippen molar-refractivity contribution in [2.24, 2.45) is 0 Å². The molecular formula is C13H11ClN2O4S. The Kier molecular flexibility index (Phi) is 4.15. The second-order valence-electron chi connectivity index (χ2n) is 4.26. The van der Waals surface area contributed by atoms with Crippen LogP contribution in [0.1, 0.15) is 15.9 Å². The van der Waals surface area contributed by atoms with Gasteiger partial charge in [0, 0.05) is 0 Å². The lowest BCUT2D eigenvalue weighted by molar-refractivity contribution is 0.0696. The zero-order valence-corrected chi connectivity index (χ0v) is 12.4. The second kappa shape index (κ2) is 5.71. The molecule has 0 saturated carbocycles. The van der Waals surface area contributed by atoms with Crippen molar-refractivity contribution < 1.29 is 18.3 Å². The first-order chi connectivity index (χ1) is 9.79. The van der Waals surface area contributed by atoms with Crippen molar-refractivity contribution in [2.75, 3.05) is 4.72 Å². The fourth-order valence-electron chi connectivity index (χ4n) is 1.67. The zero-order chi connectivity index (χ0) is 15.6. The first kappa shape index (κ1) is 15.3. The summed E-state index contributed by atoms with van der Waals surface area (Å²) in [4.78, 5) is 14.6. The van der Waals surface area contributed by atoms with Crippen LogP contribution in [0.4, 0.5) is 5.69 Å². The lowest BCUT2D eigenvalue weighted by Crippen LogP contribution is -2.15. The molecule has 8 heteroatoms. The molecule has 0 amide bonds. The van der Waals surface area contributed by atoms with Crippen LogP contribution in [0.25, 0.3) is 0 Å². The molecule has 2 aromatic rings. The van der Waals surface area contributed by atoms with Gasteiger partial charge >= 0.3 is 5.97 Å². The van der Waals surface area contributed by atoms with Crippen molar-refractivity contribution in [2.45, 2.75) is 11.8 Å². The molecule has 110 valence electrons. The van der Waals surface area contributed by atoms with E-state index in [0.717, 1.165) is 6.07 Å². The van der Waals surface area contributed by atoms with Gasteiger partial charge in [0.25, 0.3) is 10.0 Å². The highest BCUT2D eigenvalue weighted by Crippen LogP contribution is 2.21. The van der Waals surface area contributed by atoms with Gasteiger partial charge in [0.2, 0.25) is 0 Å². The summed E-state index contributed by atoms with van der Waals surface area (Å²) < 4.78 is 27.0. The number of halogens is 1. The molecule has 1 aromatic carbocycles. The highest BCUT2D eigenvalue weighted by Gasteiger charge is 2.19. The Labute approximate surface area is 126 Å². The molecule has 6 nitrogen and oxygen atoms in total. The summed E-state index contributed by atoms with van der Waals surface area (Å²) >= 11 is 5.63. The van der Waals surface area contributed by atoms with Gasteiger partial charge in [-0.2, -0.15) is 0 Å². The van der Waals surface area contributed by atoms with E-state index in [9.17, 15) is 13.2 Å². The quantitative estimate of drug-likeness (QED) is 0.842. The molecule has 0 aliphatic rings. The van der Waals surface area contributed by atoms with Crippen LogP contribution in [0.15, 0.2) is 41.4 Å². The molecule has 2 rings (SSSR count). The average Bonchev–Trinajstić information content (AvgIpc) is 2.41. The smallest absolute Gasteiger partial charge is 0.335 e. The van der Waals surface area contributed by atoms with Crippen LogP contribution in [-0.4, -0.2) is 24.5 Å². The van der Waals surface area contributed by atoms with Crippen molar-refractivity contribution in [3.63, 3.8) is 0 Å². The number of nitrogens with one attached hydrogen (secondary N) is 1. The normalized spacial score (nSPS) is 11.1. The van der Waals surface area contributed by atoms with E-state index in [1.807, 2.05) is 0 Å². The third-order valence-corrected chi connectivity index (χ3v) is 4.45. The van der Waals surface area contributed by atoms with Crippen molar-refractivity contribution >= 4 is 33.3 Å². The largest absolute Gasteiger partial charge is 0.478 e. The van der Waals surface area contributed by atoms with Crippen LogP contribution < -0.4 is 4.72 Å². The van der Waals surface area contributed by atoms with Gasteiger partial charge in [0.1, 0.15) is 5.15 Å². The van der Waals surface area contributed by atoms with Crippen molar-refractivity contribution in [3.05, 3.63) is 52.8 Å². The predicted molar refractivity (Wildman–Crippen MR) is 78.2 cm³/mol. The lowest BCUT2D eigenvalue weighted by atomic mass is 10.1. The molecule has 1 heterocycles. The second-order valence-corrected chi connectivity index (χ2v) is 6.30. The Hall–Kier alpha value is -2.12. The summed E-state index contributed by atoms with van der Waals surface area (Å²) in [6.07, 6.45) is 1.27. The standard InChI is InChI=1S/C13H11ClN2O4S/c1-8-2-3-9(13(17)18)6-11(8)21(19,20)16-10-4-5-12(14)15-7-10/h2-7,16H,1H3,(H,17,18). The molecule has 0 atom stereocenters. The number of aromatic nitrogens is 1. The van der Waals surface area contributed by atoms with Gasteiger partial charge in [-0.15, -0.1) is 0 Å². The van der Waals surface area contributed by atoms with Gasteiger partial charge in [-0.25, -0.2) is 18.2 Å². The maximum atomic E-state index is 12.3. The van der Waals surface area contributed by atoms with E-state index in [1.54, 1.807) is 6.92 Å². The molecule has 21 heavy (non-hydrogen) atoms. The molecular weight excluding hydrogens is 316 g/mol. The Morgan fingerprint density at radius 1 is 1.29 bits per heavy atom. The number of carbonyl (C=O) groups is 1. The number of sulfonamides is 1. The van der Waals surface area contributed by atoms with Crippen LogP contribution >= 0.6 is 11.6 Å². The van der Waals surface area contributed by atoms with E-state index in [4.69, 9.17) is 16.7 Å². The van der Waals surface area contributed by atoms with Gasteiger partial charge in [0.05, 0.1) is 22.3 Å². The van der Waals surface area contributed by atoms with Crippen molar-refractivity contribution in [1.82, 2.24) is 4.98 Å². The highest BCUT2D eigenvalue weighted by molar-refractivity contribution is 7.92. The maximum absolute atomic E-state index is 12.3. The Morgan fingerprint density at radius 2 is 2.00 bits per heavy atom. The number of hydrogen-bond donors (Lipinski definition) is 2. The lowest BCUT2D eigenvalue weighted by Gasteiger charge is -2.10.